The Kier molecular flexibility index (Phi) is 31.1. The van der Waals surface area contributed by atoms with Crippen LogP contribution in [0.25, 0.3) is 0 Å². The van der Waals surface area contributed by atoms with Crippen molar-refractivity contribution in [2.45, 2.75) is 109 Å². The van der Waals surface area contributed by atoms with E-state index in [4.69, 9.17) is 21.5 Å². The van der Waals surface area contributed by atoms with E-state index < -0.39 is 69.2 Å². The fourth-order valence-electron chi connectivity index (χ4n) is 8.88. The number of anilines is 1. The molecular weight excluding hydrogens is 1620 g/mol. The first-order chi connectivity index (χ1) is 41.5. The highest BCUT2D eigenvalue weighted by molar-refractivity contribution is 9.11. The standard InChI is InChI=1S/C17H18BrNO3S3.C10H12BrNO4S2.C9H10BrNO4S2.C7H9NS.C6H11NO2.C4H2BrClO2S2/c1-23-13-5-2-4-12(10-13)11-15(20)14-6-3-9-19(14)25(21,22)17-8-7-16(18)24-17;1-16-10(13)7-3-2-6-12(7)18(14,15)9-5-4-8(11)17-9;10-7-3-4-8(16-7)17(14,15)11-5-1-2-6(11)9(12)13;1-9-7-4-2-3-6(8)5-7;1-9-6(8)5-3-2-4-7-5;5-3-1-2-4(9-3)10(6,7)8/h2,4-5,7-8,10,14H,3,6,9,11H2,1H3;4-5,7H,2-3,6H2,1H3;3-4,6H,1-2,5H2,(H,12,13);2-5H,8H2,1H3;5,7H,2-4H2,1H3;1-2H/t14-;7-;6-;;5-;/m000.0./s1. The van der Waals surface area contributed by atoms with Crippen LogP contribution in [0.15, 0.2) is 139 Å². The van der Waals surface area contributed by atoms with E-state index >= 15 is 0 Å². The summed E-state index contributed by atoms with van der Waals surface area (Å²) in [6.07, 6.45) is 9.75. The molecule has 10 rings (SSSR count). The van der Waals surface area contributed by atoms with Crippen molar-refractivity contribution in [3.05, 3.63) is 118 Å². The smallest absolute Gasteiger partial charge is 0.324 e. The Bertz CT molecular complexity index is 3790. The predicted molar refractivity (Wildman–Crippen MR) is 364 cm³/mol. The van der Waals surface area contributed by atoms with Crippen molar-refractivity contribution >= 4 is 212 Å². The van der Waals surface area contributed by atoms with Crippen molar-refractivity contribution in [2.75, 3.05) is 58.6 Å². The number of esters is 2. The molecule has 0 aliphatic carbocycles. The SMILES string of the molecule is COC(=O)[C@@H]1CCCN1.COC(=O)[C@@H]1CCCN1S(=O)(=O)c1ccc(Br)s1.CSc1cccc(CC(=O)[C@@H]2CCCN2S(=O)(=O)c2ccc(Br)s2)c1.CSc1cccc(N)c1.O=C(O)[C@@H]1CCCN1S(=O)(=O)c1ccc(Br)s1.O=S(=O)(Cl)c1ccc(Br)s1. The van der Waals surface area contributed by atoms with E-state index in [1.165, 1.54) is 57.3 Å². The van der Waals surface area contributed by atoms with Crippen LogP contribution in [0.3, 0.4) is 0 Å². The van der Waals surface area contributed by atoms with Crippen molar-refractivity contribution in [3.8, 4) is 0 Å². The highest BCUT2D eigenvalue weighted by atomic mass is 79.9. The van der Waals surface area contributed by atoms with E-state index in [2.05, 4.69) is 78.5 Å². The highest BCUT2D eigenvalue weighted by Gasteiger charge is 2.43. The summed E-state index contributed by atoms with van der Waals surface area (Å²) >= 11 is 20.7. The maximum atomic E-state index is 12.9. The summed E-state index contributed by atoms with van der Waals surface area (Å²) in [5.41, 5.74) is 7.29. The molecule has 4 saturated heterocycles. The first-order valence-electron chi connectivity index (χ1n) is 26.2. The van der Waals surface area contributed by atoms with Crippen LogP contribution < -0.4 is 11.1 Å². The minimum absolute atomic E-state index is 0.0324. The van der Waals surface area contributed by atoms with Crippen molar-refractivity contribution in [1.29, 1.82) is 0 Å². The van der Waals surface area contributed by atoms with Crippen molar-refractivity contribution in [3.63, 3.8) is 0 Å². The second kappa shape index (κ2) is 35.8. The Morgan fingerprint density at radius 1 is 0.580 bits per heavy atom. The molecule has 4 aliphatic heterocycles. The topological polar surface area (TPSA) is 291 Å². The van der Waals surface area contributed by atoms with E-state index in [-0.39, 0.29) is 47.6 Å². The molecule has 0 amide bonds. The van der Waals surface area contributed by atoms with Crippen molar-refractivity contribution in [1.82, 2.24) is 18.2 Å². The normalized spacial score (nSPS) is 18.8. The number of aliphatic carboxylic acids is 1. The van der Waals surface area contributed by atoms with Crippen LogP contribution in [-0.4, -0.2) is 152 Å². The zero-order valence-corrected chi connectivity index (χ0v) is 62.6. The Hall–Kier alpha value is -2.33. The van der Waals surface area contributed by atoms with Crippen molar-refractivity contribution in [2.24, 2.45) is 0 Å². The Labute approximate surface area is 576 Å². The number of thioether (sulfide) groups is 2. The van der Waals surface area contributed by atoms with E-state index in [0.717, 1.165) is 85.2 Å². The number of nitrogens with one attached hydrogen (secondary N) is 1. The minimum Gasteiger partial charge on any atom is -0.480 e. The molecule has 4 N–H and O–H groups in total. The molecule has 484 valence electrons. The van der Waals surface area contributed by atoms with Crippen LogP contribution in [0.5, 0.6) is 0 Å². The number of carboxylic acid groups (broad SMARTS) is 1. The number of ether oxygens (including phenoxy) is 2. The largest absolute Gasteiger partial charge is 0.480 e. The number of rotatable bonds is 15. The summed E-state index contributed by atoms with van der Waals surface area (Å²) < 4.78 is 113. The summed E-state index contributed by atoms with van der Waals surface area (Å²) in [5.74, 6) is -1.74. The number of carboxylic acids is 1. The molecule has 35 heteroatoms. The number of Topliss-reactive ketones (excluding diaryl/α,β-unsaturated/α-hetero) is 1. The van der Waals surface area contributed by atoms with Gasteiger partial charge in [-0.1, -0.05) is 18.2 Å². The monoisotopic (exact) mass is 1680 g/mol. The second-order valence-electron chi connectivity index (χ2n) is 18.8. The summed E-state index contributed by atoms with van der Waals surface area (Å²) in [4.78, 5) is 48.4. The molecule has 0 bridgehead atoms. The molecule has 8 heterocycles. The van der Waals surface area contributed by atoms with Gasteiger partial charge in [0, 0.05) is 52.2 Å². The quantitative estimate of drug-likeness (QED) is 0.0372. The minimum atomic E-state index is -3.67. The lowest BCUT2D eigenvalue weighted by molar-refractivity contribution is -0.144. The van der Waals surface area contributed by atoms with Gasteiger partial charge in [0.25, 0.3) is 39.1 Å². The molecule has 0 saturated carbocycles. The van der Waals surface area contributed by atoms with Gasteiger partial charge in [0.05, 0.1) is 35.4 Å². The van der Waals surface area contributed by atoms with E-state index in [1.807, 2.05) is 61.0 Å². The van der Waals surface area contributed by atoms with Gasteiger partial charge in [0.1, 0.15) is 35.0 Å². The summed E-state index contributed by atoms with van der Waals surface area (Å²) in [5, 5.41) is 12.0. The third-order valence-corrected chi connectivity index (χ3v) is 30.2. The fourth-order valence-corrected chi connectivity index (χ4v) is 24.0. The lowest BCUT2D eigenvalue weighted by atomic mass is 10.0. The van der Waals surface area contributed by atoms with Gasteiger partial charge in [-0.2, -0.15) is 12.9 Å². The number of carbonyl (C=O) groups is 4. The zero-order chi connectivity index (χ0) is 65.1. The predicted octanol–water partition coefficient (Wildman–Crippen LogP) is 12.1. The first kappa shape index (κ1) is 76.4. The van der Waals surface area contributed by atoms with Crippen molar-refractivity contribution < 1.29 is 67.4 Å². The second-order valence-corrected chi connectivity index (χ2v) is 39.6. The molecule has 4 fully saturated rings. The van der Waals surface area contributed by atoms with Crippen LogP contribution in [0, 0.1) is 0 Å². The van der Waals surface area contributed by atoms with Crippen LogP contribution in [-0.2, 0) is 74.2 Å². The maximum Gasteiger partial charge on any atom is 0.324 e. The van der Waals surface area contributed by atoms with Gasteiger partial charge in [0.2, 0.25) is 0 Å². The maximum absolute atomic E-state index is 12.9. The Morgan fingerprint density at radius 3 is 1.35 bits per heavy atom. The number of carbonyl (C=O) groups excluding carboxylic acids is 3. The third kappa shape index (κ3) is 22.2. The number of nitrogens with zero attached hydrogens (tertiary/aromatic N) is 3. The lowest BCUT2D eigenvalue weighted by Crippen LogP contribution is -2.40. The third-order valence-electron chi connectivity index (χ3n) is 13.0. The average molecular weight is 1680 g/mol. The van der Waals surface area contributed by atoms with E-state index in [0.29, 0.717) is 55.4 Å². The number of hydrogen-bond donors (Lipinski definition) is 3. The van der Waals surface area contributed by atoms with Gasteiger partial charge in [0.15, 0.2) is 5.78 Å². The van der Waals surface area contributed by atoms with Crippen LogP contribution in [0.1, 0.15) is 56.9 Å². The number of methoxy groups -OCH3 is 2. The molecule has 4 atom stereocenters. The zero-order valence-electron chi connectivity index (χ0n) is 47.3. The molecule has 88 heavy (non-hydrogen) atoms. The van der Waals surface area contributed by atoms with E-state index in [9.17, 15) is 52.8 Å². The summed E-state index contributed by atoms with van der Waals surface area (Å²) in [6.45, 7) is 1.98. The number of sulfonamides is 3. The van der Waals surface area contributed by atoms with Gasteiger partial charge in [-0.15, -0.1) is 68.9 Å². The number of nitrogens with two attached hydrogens (primary N) is 1. The number of thiophene rings is 4. The summed E-state index contributed by atoms with van der Waals surface area (Å²) in [7, 11) is -6.69. The molecule has 0 spiro atoms. The average Bonchev–Trinajstić information content (AvgIpc) is 3.09. The fraction of sp³-hybridized carbons (Fsp3) is 0.396. The van der Waals surface area contributed by atoms with Crippen LogP contribution in [0.4, 0.5) is 5.69 Å². The van der Waals surface area contributed by atoms with Gasteiger partial charge < -0.3 is 25.6 Å². The molecule has 2 aromatic carbocycles. The summed E-state index contributed by atoms with van der Waals surface area (Å²) in [6, 6.07) is 26.2. The molecule has 4 aliphatic rings. The number of hydrogen-bond acceptors (Lipinski definition) is 22. The molecule has 4 aromatic heterocycles. The van der Waals surface area contributed by atoms with Gasteiger partial charge >= 0.3 is 17.9 Å². The molecular formula is C53H62Br4ClN5O15S10. The number of benzene rings is 2. The van der Waals surface area contributed by atoms with Gasteiger partial charge in [-0.05, 0) is 219 Å². The van der Waals surface area contributed by atoms with E-state index in [1.54, 1.807) is 53.9 Å². The molecule has 20 nitrogen and oxygen atoms in total. The molecule has 0 radical (unpaired) electrons. The van der Waals surface area contributed by atoms with Crippen LogP contribution >= 0.6 is 143 Å². The highest BCUT2D eigenvalue weighted by Crippen LogP contribution is 2.36. The number of ketones is 1. The van der Waals surface area contributed by atoms with Gasteiger partial charge in [-0.3, -0.25) is 19.2 Å². The van der Waals surface area contributed by atoms with Gasteiger partial charge in [-0.25, -0.2) is 33.7 Å². The molecule has 0 unspecified atom stereocenters. The molecule has 6 aromatic rings. The van der Waals surface area contributed by atoms with Crippen LogP contribution in [0.2, 0.25) is 0 Å². The number of halogens is 5. The lowest BCUT2D eigenvalue weighted by Gasteiger charge is -2.22. The first-order valence-corrected chi connectivity index (χ1v) is 41.7. The Balaban J connectivity index is 0.000000201. The Morgan fingerprint density at radius 2 is 0.989 bits per heavy atom. The number of nitrogen functional groups attached to an aromatic ring is 1.